The van der Waals surface area contributed by atoms with E-state index in [9.17, 15) is 4.79 Å². The SMILES string of the molecule is COC(=O)CC[C@H]1CN(Cc2ccccc2C)CC[C@H]1N(C)C. The van der Waals surface area contributed by atoms with Crippen LogP contribution in [0.5, 0.6) is 0 Å². The van der Waals surface area contributed by atoms with Crippen LogP contribution in [0.4, 0.5) is 0 Å². The average Bonchev–Trinajstić information content (AvgIpc) is 2.54. The molecule has 23 heavy (non-hydrogen) atoms. The van der Waals surface area contributed by atoms with E-state index < -0.39 is 0 Å². The molecule has 0 unspecified atom stereocenters. The van der Waals surface area contributed by atoms with Crippen LogP contribution in [0, 0.1) is 12.8 Å². The first-order chi connectivity index (χ1) is 11.0. The molecule has 1 aliphatic rings. The normalized spacial score (nSPS) is 22.3. The van der Waals surface area contributed by atoms with Crippen molar-refractivity contribution < 1.29 is 9.53 Å². The number of benzene rings is 1. The van der Waals surface area contributed by atoms with Gasteiger partial charge in [-0.3, -0.25) is 9.69 Å². The van der Waals surface area contributed by atoms with Gasteiger partial charge in [0.25, 0.3) is 0 Å². The van der Waals surface area contributed by atoms with Crippen LogP contribution in [-0.4, -0.2) is 56.1 Å². The van der Waals surface area contributed by atoms with Gasteiger partial charge in [0.1, 0.15) is 0 Å². The third-order valence-corrected chi connectivity index (χ3v) is 5.04. The van der Waals surface area contributed by atoms with Crippen LogP contribution in [0.25, 0.3) is 0 Å². The summed E-state index contributed by atoms with van der Waals surface area (Å²) in [5.74, 6) is 0.417. The summed E-state index contributed by atoms with van der Waals surface area (Å²) in [5.41, 5.74) is 2.76. The van der Waals surface area contributed by atoms with E-state index in [-0.39, 0.29) is 5.97 Å². The fourth-order valence-electron chi connectivity index (χ4n) is 3.64. The van der Waals surface area contributed by atoms with Gasteiger partial charge in [-0.25, -0.2) is 0 Å². The molecule has 128 valence electrons. The molecule has 4 heteroatoms. The van der Waals surface area contributed by atoms with Crippen LogP contribution in [0.2, 0.25) is 0 Å². The van der Waals surface area contributed by atoms with Crippen molar-refractivity contribution in [2.45, 2.75) is 38.8 Å². The topological polar surface area (TPSA) is 32.8 Å². The molecule has 2 rings (SSSR count). The van der Waals surface area contributed by atoms with Gasteiger partial charge in [-0.15, -0.1) is 0 Å². The number of rotatable bonds is 6. The Morgan fingerprint density at radius 2 is 2.09 bits per heavy atom. The van der Waals surface area contributed by atoms with Crippen molar-refractivity contribution in [3.05, 3.63) is 35.4 Å². The maximum Gasteiger partial charge on any atom is 0.305 e. The standard InChI is InChI=1S/C19H30N2O2/c1-15-7-5-6-8-16(15)13-21-12-11-18(20(2)3)17(14-21)9-10-19(22)23-4/h5-8,17-18H,9-14H2,1-4H3/t17-,18+/m0/s1. The van der Waals surface area contributed by atoms with Crippen LogP contribution in [0.15, 0.2) is 24.3 Å². The quantitative estimate of drug-likeness (QED) is 0.755. The minimum absolute atomic E-state index is 0.0986. The summed E-state index contributed by atoms with van der Waals surface area (Å²) in [6, 6.07) is 9.15. The molecule has 1 aliphatic heterocycles. The molecule has 0 bridgehead atoms. The van der Waals surface area contributed by atoms with Crippen LogP contribution < -0.4 is 0 Å². The second kappa shape index (κ2) is 8.46. The number of ether oxygens (including phenoxy) is 1. The van der Waals surface area contributed by atoms with Crippen molar-refractivity contribution in [3.63, 3.8) is 0 Å². The van der Waals surface area contributed by atoms with Gasteiger partial charge < -0.3 is 9.64 Å². The van der Waals surface area contributed by atoms with Gasteiger partial charge in [-0.2, -0.15) is 0 Å². The molecule has 1 fully saturated rings. The van der Waals surface area contributed by atoms with Gasteiger partial charge in [-0.05, 0) is 57.5 Å². The predicted molar refractivity (Wildman–Crippen MR) is 93.3 cm³/mol. The fourth-order valence-corrected chi connectivity index (χ4v) is 3.64. The maximum atomic E-state index is 11.5. The van der Waals surface area contributed by atoms with E-state index in [1.54, 1.807) is 0 Å². The van der Waals surface area contributed by atoms with E-state index in [2.05, 4.69) is 55.1 Å². The highest BCUT2D eigenvalue weighted by Crippen LogP contribution is 2.26. The summed E-state index contributed by atoms with van der Waals surface area (Å²) in [6.45, 7) is 5.35. The molecular formula is C19H30N2O2. The Kier molecular flexibility index (Phi) is 6.60. The van der Waals surface area contributed by atoms with E-state index in [4.69, 9.17) is 4.74 Å². The van der Waals surface area contributed by atoms with Crippen molar-refractivity contribution >= 4 is 5.97 Å². The Morgan fingerprint density at radius 3 is 2.74 bits per heavy atom. The average molecular weight is 318 g/mol. The van der Waals surface area contributed by atoms with Crippen LogP contribution in [0.3, 0.4) is 0 Å². The van der Waals surface area contributed by atoms with Crippen molar-refractivity contribution in [2.75, 3.05) is 34.3 Å². The van der Waals surface area contributed by atoms with Crippen molar-refractivity contribution in [1.82, 2.24) is 9.80 Å². The van der Waals surface area contributed by atoms with Crippen LogP contribution in [0.1, 0.15) is 30.4 Å². The smallest absolute Gasteiger partial charge is 0.305 e. The number of nitrogens with zero attached hydrogens (tertiary/aromatic N) is 2. The van der Waals surface area contributed by atoms with Gasteiger partial charge in [0.2, 0.25) is 0 Å². The van der Waals surface area contributed by atoms with Crippen molar-refractivity contribution in [3.8, 4) is 0 Å². The number of piperidine rings is 1. The Bertz CT molecular complexity index is 516. The number of hydrogen-bond donors (Lipinski definition) is 0. The van der Waals surface area contributed by atoms with Crippen LogP contribution in [-0.2, 0) is 16.1 Å². The Hall–Kier alpha value is -1.39. The molecule has 0 N–H and O–H groups in total. The summed E-state index contributed by atoms with van der Waals surface area (Å²) in [5, 5.41) is 0. The number of likely N-dealkylation sites (tertiary alicyclic amines) is 1. The summed E-state index contributed by atoms with van der Waals surface area (Å²) in [4.78, 5) is 16.3. The number of methoxy groups -OCH3 is 1. The molecule has 0 spiro atoms. The Labute approximate surface area is 140 Å². The number of esters is 1. The van der Waals surface area contributed by atoms with Crippen molar-refractivity contribution in [1.29, 1.82) is 0 Å². The van der Waals surface area contributed by atoms with Crippen molar-refractivity contribution in [2.24, 2.45) is 5.92 Å². The monoisotopic (exact) mass is 318 g/mol. The van der Waals surface area contributed by atoms with E-state index in [0.29, 0.717) is 18.4 Å². The highest BCUT2D eigenvalue weighted by Gasteiger charge is 2.30. The highest BCUT2D eigenvalue weighted by molar-refractivity contribution is 5.69. The first-order valence-corrected chi connectivity index (χ1v) is 8.51. The minimum Gasteiger partial charge on any atom is -0.469 e. The molecule has 0 radical (unpaired) electrons. The molecule has 1 saturated heterocycles. The maximum absolute atomic E-state index is 11.5. The molecule has 2 atom stereocenters. The molecule has 0 amide bonds. The Balaban J connectivity index is 1.99. The second-order valence-corrected chi connectivity index (χ2v) is 6.86. The fraction of sp³-hybridized carbons (Fsp3) is 0.632. The minimum atomic E-state index is -0.0986. The molecule has 1 heterocycles. The zero-order chi connectivity index (χ0) is 16.8. The molecule has 0 aliphatic carbocycles. The summed E-state index contributed by atoms with van der Waals surface area (Å²) >= 11 is 0. The predicted octanol–water partition coefficient (Wildman–Crippen LogP) is 2.70. The Morgan fingerprint density at radius 1 is 1.35 bits per heavy atom. The first kappa shape index (κ1) is 18.0. The van der Waals surface area contributed by atoms with E-state index in [1.807, 2.05) is 0 Å². The third-order valence-electron chi connectivity index (χ3n) is 5.04. The lowest BCUT2D eigenvalue weighted by Gasteiger charge is -2.41. The number of carbonyl (C=O) groups excluding carboxylic acids is 1. The second-order valence-electron chi connectivity index (χ2n) is 6.86. The molecule has 0 aromatic heterocycles. The molecule has 1 aromatic rings. The first-order valence-electron chi connectivity index (χ1n) is 8.51. The zero-order valence-corrected chi connectivity index (χ0v) is 14.9. The zero-order valence-electron chi connectivity index (χ0n) is 14.9. The van der Waals surface area contributed by atoms with E-state index >= 15 is 0 Å². The van der Waals surface area contributed by atoms with Gasteiger partial charge in [0.15, 0.2) is 0 Å². The van der Waals surface area contributed by atoms with Crippen LogP contribution >= 0.6 is 0 Å². The lowest BCUT2D eigenvalue weighted by Crippen LogP contribution is -2.48. The van der Waals surface area contributed by atoms with Gasteiger partial charge in [0.05, 0.1) is 7.11 Å². The number of aryl methyl sites for hydroxylation is 1. The molecular weight excluding hydrogens is 288 g/mol. The van der Waals surface area contributed by atoms with Gasteiger partial charge in [0, 0.05) is 25.6 Å². The molecule has 4 nitrogen and oxygen atoms in total. The highest BCUT2D eigenvalue weighted by atomic mass is 16.5. The largest absolute Gasteiger partial charge is 0.469 e. The van der Waals surface area contributed by atoms with Gasteiger partial charge in [-0.1, -0.05) is 24.3 Å². The number of hydrogen-bond acceptors (Lipinski definition) is 4. The molecule has 1 aromatic carbocycles. The van der Waals surface area contributed by atoms with Gasteiger partial charge >= 0.3 is 5.97 Å². The summed E-state index contributed by atoms with van der Waals surface area (Å²) in [6.07, 6.45) is 2.58. The third kappa shape index (κ3) is 5.05. The lowest BCUT2D eigenvalue weighted by atomic mass is 9.87. The summed E-state index contributed by atoms with van der Waals surface area (Å²) < 4.78 is 4.81. The van der Waals surface area contributed by atoms with E-state index in [1.165, 1.54) is 18.2 Å². The number of carbonyl (C=O) groups is 1. The van der Waals surface area contributed by atoms with E-state index in [0.717, 1.165) is 32.5 Å². The summed E-state index contributed by atoms with van der Waals surface area (Å²) in [7, 11) is 5.76. The molecule has 0 saturated carbocycles. The lowest BCUT2D eigenvalue weighted by molar-refractivity contribution is -0.141.